The van der Waals surface area contributed by atoms with Crippen LogP contribution in [0.3, 0.4) is 0 Å². The lowest BCUT2D eigenvalue weighted by atomic mass is 9.77. The number of nitrogens with zero attached hydrogens (tertiary/aromatic N) is 1. The third-order valence-corrected chi connectivity index (χ3v) is 5.17. The van der Waals surface area contributed by atoms with Crippen molar-refractivity contribution in [2.45, 2.75) is 24.8 Å². The molecule has 6 heteroatoms. The second-order valence-corrected chi connectivity index (χ2v) is 7.32. The van der Waals surface area contributed by atoms with Crippen molar-refractivity contribution in [3.05, 3.63) is 54.1 Å². The fraction of sp³-hybridized carbons (Fsp3) is 0.500. The standard InChI is InChI=1S/C20H22F3NO2/c21-20(22,23)19(14-24(10-17-12-25-17)11-18-13-26-18)8-6-16(7-9-19)15-4-2-1-3-5-15/h1-8,17-18H,9-14H2. The van der Waals surface area contributed by atoms with Crippen molar-refractivity contribution in [1.29, 1.82) is 0 Å². The zero-order valence-electron chi connectivity index (χ0n) is 14.4. The van der Waals surface area contributed by atoms with E-state index in [2.05, 4.69) is 0 Å². The van der Waals surface area contributed by atoms with Crippen molar-refractivity contribution in [2.24, 2.45) is 5.41 Å². The van der Waals surface area contributed by atoms with Gasteiger partial charge in [0.1, 0.15) is 5.41 Å². The zero-order chi connectivity index (χ0) is 18.2. The Kier molecular flexibility index (Phi) is 4.67. The number of benzene rings is 1. The summed E-state index contributed by atoms with van der Waals surface area (Å²) in [6, 6.07) is 9.51. The lowest BCUT2D eigenvalue weighted by Gasteiger charge is -2.38. The van der Waals surface area contributed by atoms with Crippen molar-refractivity contribution in [3.8, 4) is 0 Å². The smallest absolute Gasteiger partial charge is 0.372 e. The predicted molar refractivity (Wildman–Crippen MR) is 92.6 cm³/mol. The molecule has 2 fully saturated rings. The fourth-order valence-corrected chi connectivity index (χ4v) is 3.46. The number of epoxide rings is 2. The van der Waals surface area contributed by atoms with E-state index in [-0.39, 0.29) is 25.2 Å². The first-order valence-electron chi connectivity index (χ1n) is 8.92. The molecule has 0 spiro atoms. The summed E-state index contributed by atoms with van der Waals surface area (Å²) < 4.78 is 52.5. The first-order chi connectivity index (χ1) is 12.5. The minimum atomic E-state index is -4.31. The van der Waals surface area contributed by atoms with Crippen LogP contribution in [0.1, 0.15) is 12.0 Å². The molecule has 0 amide bonds. The molecule has 2 heterocycles. The number of hydrogen-bond acceptors (Lipinski definition) is 3. The largest absolute Gasteiger partial charge is 0.399 e. The van der Waals surface area contributed by atoms with Crippen LogP contribution in [0.4, 0.5) is 13.2 Å². The number of alkyl halides is 3. The Hall–Kier alpha value is -1.63. The summed E-state index contributed by atoms with van der Waals surface area (Å²) in [5, 5.41) is 0. The van der Waals surface area contributed by atoms with Gasteiger partial charge in [0, 0.05) is 19.6 Å². The Morgan fingerprint density at radius 3 is 2.12 bits per heavy atom. The van der Waals surface area contributed by atoms with E-state index in [4.69, 9.17) is 9.47 Å². The molecular formula is C20H22F3NO2. The minimum Gasteiger partial charge on any atom is -0.372 e. The van der Waals surface area contributed by atoms with E-state index in [1.807, 2.05) is 35.2 Å². The molecule has 3 aliphatic rings. The molecule has 2 saturated heterocycles. The van der Waals surface area contributed by atoms with Gasteiger partial charge < -0.3 is 9.47 Å². The van der Waals surface area contributed by atoms with Crippen molar-refractivity contribution >= 4 is 5.57 Å². The summed E-state index contributed by atoms with van der Waals surface area (Å²) in [7, 11) is 0. The van der Waals surface area contributed by atoms with Crippen LogP contribution in [0.2, 0.25) is 0 Å². The van der Waals surface area contributed by atoms with Crippen LogP contribution in [0.15, 0.2) is 48.6 Å². The van der Waals surface area contributed by atoms with E-state index in [1.54, 1.807) is 12.2 Å². The quantitative estimate of drug-likeness (QED) is 0.690. The molecule has 4 rings (SSSR count). The zero-order valence-corrected chi connectivity index (χ0v) is 14.4. The lowest BCUT2D eigenvalue weighted by Crippen LogP contribution is -2.48. The Balaban J connectivity index is 1.53. The highest BCUT2D eigenvalue weighted by Gasteiger charge is 2.54. The van der Waals surface area contributed by atoms with Gasteiger partial charge in [0.05, 0.1) is 25.4 Å². The van der Waals surface area contributed by atoms with Gasteiger partial charge in [-0.1, -0.05) is 48.6 Å². The fourth-order valence-electron chi connectivity index (χ4n) is 3.46. The van der Waals surface area contributed by atoms with Crippen LogP contribution < -0.4 is 0 Å². The molecule has 2 aliphatic heterocycles. The van der Waals surface area contributed by atoms with Gasteiger partial charge in [0.15, 0.2) is 0 Å². The molecule has 0 N–H and O–H groups in total. The van der Waals surface area contributed by atoms with E-state index in [1.165, 1.54) is 6.08 Å². The maximum absolute atomic E-state index is 14.0. The van der Waals surface area contributed by atoms with Crippen LogP contribution in [0.25, 0.3) is 5.57 Å². The van der Waals surface area contributed by atoms with Crippen LogP contribution >= 0.6 is 0 Å². The van der Waals surface area contributed by atoms with Gasteiger partial charge in [-0.2, -0.15) is 13.2 Å². The molecule has 0 saturated carbocycles. The second kappa shape index (κ2) is 6.83. The van der Waals surface area contributed by atoms with Gasteiger partial charge in [-0.05, 0) is 17.6 Å². The molecule has 1 aromatic carbocycles. The highest BCUT2D eigenvalue weighted by atomic mass is 19.4. The summed E-state index contributed by atoms with van der Waals surface area (Å²) in [5.74, 6) is 0. The van der Waals surface area contributed by atoms with E-state index >= 15 is 0 Å². The summed E-state index contributed by atoms with van der Waals surface area (Å²) in [5.41, 5.74) is -0.0862. The normalized spacial score (nSPS) is 30.4. The Labute approximate surface area is 151 Å². The lowest BCUT2D eigenvalue weighted by molar-refractivity contribution is -0.210. The van der Waals surface area contributed by atoms with Crippen LogP contribution in [-0.4, -0.2) is 56.1 Å². The first-order valence-corrected chi connectivity index (χ1v) is 8.92. The Morgan fingerprint density at radius 2 is 1.65 bits per heavy atom. The molecule has 3 nitrogen and oxygen atoms in total. The van der Waals surface area contributed by atoms with Gasteiger partial charge in [0.25, 0.3) is 0 Å². The maximum atomic E-state index is 14.0. The van der Waals surface area contributed by atoms with Gasteiger partial charge in [-0.25, -0.2) is 0 Å². The summed E-state index contributed by atoms with van der Waals surface area (Å²) in [6.07, 6.45) is 0.432. The van der Waals surface area contributed by atoms with Gasteiger partial charge in [0.2, 0.25) is 0 Å². The van der Waals surface area contributed by atoms with Crippen LogP contribution in [-0.2, 0) is 9.47 Å². The highest BCUT2D eigenvalue weighted by molar-refractivity contribution is 5.75. The minimum absolute atomic E-state index is 0.0508. The topological polar surface area (TPSA) is 28.3 Å². The Bertz CT molecular complexity index is 679. The Morgan fingerprint density at radius 1 is 1.04 bits per heavy atom. The van der Waals surface area contributed by atoms with E-state index in [9.17, 15) is 13.2 Å². The third-order valence-electron chi connectivity index (χ3n) is 5.17. The van der Waals surface area contributed by atoms with Crippen molar-refractivity contribution in [2.75, 3.05) is 32.8 Å². The molecule has 1 aliphatic carbocycles. The molecule has 0 radical (unpaired) electrons. The summed E-state index contributed by atoms with van der Waals surface area (Å²) in [4.78, 5) is 1.86. The average Bonchev–Trinajstić information content (AvgIpc) is 3.52. The third kappa shape index (κ3) is 4.03. The molecular weight excluding hydrogens is 343 g/mol. The van der Waals surface area contributed by atoms with Gasteiger partial charge in [-0.15, -0.1) is 0 Å². The summed E-state index contributed by atoms with van der Waals surface area (Å²) in [6.45, 7) is 2.26. The molecule has 0 aromatic heterocycles. The molecule has 26 heavy (non-hydrogen) atoms. The number of rotatable bonds is 7. The highest BCUT2D eigenvalue weighted by Crippen LogP contribution is 2.47. The SMILES string of the molecule is FC(F)(F)C1(CN(CC2CO2)CC2CO2)C=CC(c2ccccc2)=CC1. The van der Waals surface area contributed by atoms with Crippen molar-refractivity contribution in [3.63, 3.8) is 0 Å². The molecule has 3 unspecified atom stereocenters. The first kappa shape index (κ1) is 17.8. The maximum Gasteiger partial charge on any atom is 0.399 e. The monoisotopic (exact) mass is 365 g/mol. The average molecular weight is 365 g/mol. The molecule has 0 bridgehead atoms. The number of halogens is 3. The summed E-state index contributed by atoms with van der Waals surface area (Å²) >= 11 is 0. The van der Waals surface area contributed by atoms with E-state index in [0.29, 0.717) is 26.3 Å². The van der Waals surface area contributed by atoms with E-state index in [0.717, 1.165) is 11.1 Å². The molecule has 140 valence electrons. The number of hydrogen-bond donors (Lipinski definition) is 0. The van der Waals surface area contributed by atoms with Crippen LogP contribution in [0.5, 0.6) is 0 Å². The van der Waals surface area contributed by atoms with Gasteiger partial charge in [-0.3, -0.25) is 4.90 Å². The number of ether oxygens (including phenoxy) is 2. The number of allylic oxidation sites excluding steroid dienone is 3. The van der Waals surface area contributed by atoms with Crippen LogP contribution in [0, 0.1) is 5.41 Å². The van der Waals surface area contributed by atoms with E-state index < -0.39 is 11.6 Å². The molecule has 1 aromatic rings. The van der Waals surface area contributed by atoms with Crippen molar-refractivity contribution < 1.29 is 22.6 Å². The van der Waals surface area contributed by atoms with Crippen molar-refractivity contribution in [1.82, 2.24) is 4.90 Å². The van der Waals surface area contributed by atoms with Gasteiger partial charge >= 0.3 is 6.18 Å². The molecule has 3 atom stereocenters. The second-order valence-electron chi connectivity index (χ2n) is 7.32. The predicted octanol–water partition coefficient (Wildman–Crippen LogP) is 3.68.